The van der Waals surface area contributed by atoms with Crippen LogP contribution in [0.5, 0.6) is 0 Å². The first-order chi connectivity index (χ1) is 7.88. The van der Waals surface area contributed by atoms with Gasteiger partial charge in [-0.05, 0) is 18.9 Å². The number of hydrogen-bond acceptors (Lipinski definition) is 3. The predicted molar refractivity (Wildman–Crippen MR) is 60.6 cm³/mol. The Kier molecular flexibility index (Phi) is 3.60. The van der Waals surface area contributed by atoms with Crippen molar-refractivity contribution in [1.82, 2.24) is 0 Å². The standard InChI is InChI=1S/C12H16O5/c1-3-12(4-2)6-7(13)5-8(10(14)15)9(12)11(16)17/h6,13H,3-5H2,1-2H3,(H,14,15)(H,16,17). The molecule has 0 amide bonds. The van der Waals surface area contributed by atoms with Gasteiger partial charge in [0.25, 0.3) is 0 Å². The lowest BCUT2D eigenvalue weighted by atomic mass is 9.69. The van der Waals surface area contributed by atoms with E-state index in [-0.39, 0.29) is 23.3 Å². The van der Waals surface area contributed by atoms with Gasteiger partial charge in [-0.15, -0.1) is 0 Å². The zero-order valence-corrected chi connectivity index (χ0v) is 9.86. The third kappa shape index (κ3) is 2.18. The summed E-state index contributed by atoms with van der Waals surface area (Å²) in [5.41, 5.74) is -1.21. The molecule has 0 atom stereocenters. The van der Waals surface area contributed by atoms with Crippen LogP contribution in [0, 0.1) is 5.41 Å². The number of carboxylic acid groups (broad SMARTS) is 2. The third-order valence-corrected chi connectivity index (χ3v) is 3.33. The average molecular weight is 240 g/mol. The second-order valence-corrected chi connectivity index (χ2v) is 4.14. The fourth-order valence-corrected chi connectivity index (χ4v) is 2.34. The van der Waals surface area contributed by atoms with Crippen LogP contribution in [-0.2, 0) is 9.59 Å². The van der Waals surface area contributed by atoms with Crippen LogP contribution in [0.3, 0.4) is 0 Å². The van der Waals surface area contributed by atoms with Crippen LogP contribution in [0.25, 0.3) is 0 Å². The van der Waals surface area contributed by atoms with Crippen molar-refractivity contribution in [3.8, 4) is 0 Å². The number of hydrogen-bond donors (Lipinski definition) is 3. The van der Waals surface area contributed by atoms with Gasteiger partial charge in [0.2, 0.25) is 0 Å². The van der Waals surface area contributed by atoms with Crippen LogP contribution in [0.2, 0.25) is 0 Å². The molecule has 5 nitrogen and oxygen atoms in total. The Labute approximate surface area is 99.1 Å². The van der Waals surface area contributed by atoms with Crippen LogP contribution in [0.4, 0.5) is 0 Å². The predicted octanol–water partition coefficient (Wildman–Crippen LogP) is 2.10. The molecule has 1 aliphatic carbocycles. The summed E-state index contributed by atoms with van der Waals surface area (Å²) in [6.45, 7) is 3.56. The molecular formula is C12H16O5. The first kappa shape index (κ1) is 13.3. The monoisotopic (exact) mass is 240 g/mol. The van der Waals surface area contributed by atoms with E-state index < -0.39 is 17.4 Å². The number of aliphatic carboxylic acids is 2. The highest BCUT2D eigenvalue weighted by Gasteiger charge is 2.40. The highest BCUT2D eigenvalue weighted by molar-refractivity contribution is 6.01. The Hall–Kier alpha value is -1.78. The maximum absolute atomic E-state index is 11.3. The van der Waals surface area contributed by atoms with E-state index >= 15 is 0 Å². The van der Waals surface area contributed by atoms with Crippen LogP contribution >= 0.6 is 0 Å². The fourth-order valence-electron chi connectivity index (χ4n) is 2.34. The van der Waals surface area contributed by atoms with E-state index in [9.17, 15) is 19.8 Å². The van der Waals surface area contributed by atoms with Crippen molar-refractivity contribution in [2.24, 2.45) is 5.41 Å². The van der Waals surface area contributed by atoms with Gasteiger partial charge in [0.05, 0.1) is 16.9 Å². The second-order valence-electron chi connectivity index (χ2n) is 4.14. The number of aliphatic hydroxyl groups excluding tert-OH is 1. The molecule has 0 aromatic rings. The molecule has 0 aromatic heterocycles. The first-order valence-corrected chi connectivity index (χ1v) is 5.48. The molecule has 17 heavy (non-hydrogen) atoms. The van der Waals surface area contributed by atoms with E-state index in [1.807, 2.05) is 0 Å². The van der Waals surface area contributed by atoms with Crippen molar-refractivity contribution in [3.05, 3.63) is 23.0 Å². The minimum atomic E-state index is -1.28. The molecule has 0 fully saturated rings. The molecule has 3 N–H and O–H groups in total. The summed E-state index contributed by atoms with van der Waals surface area (Å²) >= 11 is 0. The number of allylic oxidation sites excluding steroid dienone is 2. The SMILES string of the molecule is CCC1(CC)C=C(O)CC(C(=O)O)=C1C(=O)O. The molecule has 0 heterocycles. The molecule has 94 valence electrons. The van der Waals surface area contributed by atoms with Crippen molar-refractivity contribution < 1.29 is 24.9 Å². The van der Waals surface area contributed by atoms with E-state index in [2.05, 4.69) is 0 Å². The summed E-state index contributed by atoms with van der Waals surface area (Å²) in [5.74, 6) is -2.58. The van der Waals surface area contributed by atoms with E-state index in [0.717, 1.165) is 0 Å². The quantitative estimate of drug-likeness (QED) is 0.699. The van der Waals surface area contributed by atoms with E-state index in [1.54, 1.807) is 13.8 Å². The number of rotatable bonds is 4. The smallest absolute Gasteiger partial charge is 0.333 e. The molecule has 0 saturated carbocycles. The molecule has 0 spiro atoms. The molecule has 0 radical (unpaired) electrons. The number of aliphatic hydroxyl groups is 1. The highest BCUT2D eigenvalue weighted by Crippen LogP contribution is 2.43. The molecule has 0 unspecified atom stereocenters. The lowest BCUT2D eigenvalue weighted by Crippen LogP contribution is -2.31. The van der Waals surface area contributed by atoms with Crippen molar-refractivity contribution in [2.45, 2.75) is 33.1 Å². The van der Waals surface area contributed by atoms with Gasteiger partial charge in [-0.1, -0.05) is 13.8 Å². The van der Waals surface area contributed by atoms with Gasteiger partial charge in [-0.2, -0.15) is 0 Å². The largest absolute Gasteiger partial charge is 0.512 e. The molecule has 0 saturated heterocycles. The summed E-state index contributed by atoms with van der Waals surface area (Å²) in [4.78, 5) is 22.4. The van der Waals surface area contributed by atoms with E-state index in [4.69, 9.17) is 5.11 Å². The Morgan fingerprint density at radius 2 is 1.76 bits per heavy atom. The molecular weight excluding hydrogens is 224 g/mol. The molecule has 0 aliphatic heterocycles. The highest BCUT2D eigenvalue weighted by atomic mass is 16.4. The fraction of sp³-hybridized carbons (Fsp3) is 0.500. The van der Waals surface area contributed by atoms with Crippen LogP contribution < -0.4 is 0 Å². The summed E-state index contributed by atoms with van der Waals surface area (Å²) in [5, 5.41) is 27.8. The van der Waals surface area contributed by atoms with Crippen LogP contribution in [0.15, 0.2) is 23.0 Å². The maximum Gasteiger partial charge on any atom is 0.333 e. The van der Waals surface area contributed by atoms with Gasteiger partial charge >= 0.3 is 11.9 Å². The minimum absolute atomic E-state index is 0.0731. The topological polar surface area (TPSA) is 94.8 Å². The third-order valence-electron chi connectivity index (χ3n) is 3.33. The lowest BCUT2D eigenvalue weighted by Gasteiger charge is -2.33. The van der Waals surface area contributed by atoms with Gasteiger partial charge in [-0.3, -0.25) is 0 Å². The zero-order chi connectivity index (χ0) is 13.2. The number of carboxylic acids is 2. The van der Waals surface area contributed by atoms with Crippen molar-refractivity contribution in [3.63, 3.8) is 0 Å². The van der Waals surface area contributed by atoms with Crippen molar-refractivity contribution in [2.75, 3.05) is 0 Å². The van der Waals surface area contributed by atoms with Gasteiger partial charge in [0, 0.05) is 11.8 Å². The summed E-state index contributed by atoms with van der Waals surface area (Å²) in [6.07, 6.45) is 2.12. The molecule has 5 heteroatoms. The van der Waals surface area contributed by atoms with Crippen LogP contribution in [0.1, 0.15) is 33.1 Å². The first-order valence-electron chi connectivity index (χ1n) is 5.48. The van der Waals surface area contributed by atoms with Gasteiger partial charge in [0.1, 0.15) is 0 Å². The Balaban J connectivity index is 3.48. The van der Waals surface area contributed by atoms with Gasteiger partial charge in [-0.25, -0.2) is 9.59 Å². The normalized spacial score (nSPS) is 18.8. The van der Waals surface area contributed by atoms with Crippen LogP contribution in [-0.4, -0.2) is 27.3 Å². The minimum Gasteiger partial charge on any atom is -0.512 e. The van der Waals surface area contributed by atoms with Gasteiger partial charge in [0.15, 0.2) is 0 Å². The average Bonchev–Trinajstić information content (AvgIpc) is 2.26. The molecule has 1 aliphatic rings. The summed E-state index contributed by atoms with van der Waals surface area (Å²) in [6, 6.07) is 0. The summed E-state index contributed by atoms with van der Waals surface area (Å²) < 4.78 is 0. The Morgan fingerprint density at radius 1 is 1.24 bits per heavy atom. The molecule has 0 aromatic carbocycles. The maximum atomic E-state index is 11.3. The lowest BCUT2D eigenvalue weighted by molar-refractivity contribution is -0.137. The Morgan fingerprint density at radius 3 is 2.12 bits per heavy atom. The van der Waals surface area contributed by atoms with Crippen molar-refractivity contribution in [1.29, 1.82) is 0 Å². The Bertz CT molecular complexity index is 413. The zero-order valence-electron chi connectivity index (χ0n) is 9.86. The molecule has 0 bridgehead atoms. The summed E-state index contributed by atoms with van der Waals surface area (Å²) in [7, 11) is 0. The van der Waals surface area contributed by atoms with E-state index in [1.165, 1.54) is 6.08 Å². The molecule has 1 rings (SSSR count). The van der Waals surface area contributed by atoms with E-state index in [0.29, 0.717) is 12.8 Å². The number of carbonyl (C=O) groups is 2. The second kappa shape index (κ2) is 4.61. The van der Waals surface area contributed by atoms with Gasteiger partial charge < -0.3 is 15.3 Å². The van der Waals surface area contributed by atoms with Crippen molar-refractivity contribution >= 4 is 11.9 Å².